The second kappa shape index (κ2) is 6.57. The van der Waals surface area contributed by atoms with Crippen LogP contribution in [-0.2, 0) is 23.1 Å². The first-order chi connectivity index (χ1) is 13.6. The number of benzene rings is 1. The molecule has 1 saturated heterocycles. The second-order valence-electron chi connectivity index (χ2n) is 8.86. The average Bonchev–Trinajstić information content (AvgIpc) is 3.49. The van der Waals surface area contributed by atoms with E-state index in [2.05, 4.69) is 18.0 Å². The summed E-state index contributed by atoms with van der Waals surface area (Å²) in [5.74, 6) is 1.49. The van der Waals surface area contributed by atoms with Gasteiger partial charge in [-0.1, -0.05) is 24.3 Å². The second-order valence-corrected chi connectivity index (χ2v) is 8.86. The quantitative estimate of drug-likeness (QED) is 0.894. The van der Waals surface area contributed by atoms with Gasteiger partial charge in [-0.3, -0.25) is 9.59 Å². The van der Waals surface area contributed by atoms with Crippen LogP contribution in [0.5, 0.6) is 0 Å². The number of aromatic nitrogens is 2. The number of piperidine rings is 1. The minimum absolute atomic E-state index is 0.0483. The number of amides is 1. The minimum atomic E-state index is -0.132. The van der Waals surface area contributed by atoms with Crippen LogP contribution >= 0.6 is 0 Å². The van der Waals surface area contributed by atoms with E-state index in [-0.39, 0.29) is 16.9 Å². The predicted octanol–water partition coefficient (Wildman–Crippen LogP) is 3.00. The van der Waals surface area contributed by atoms with E-state index in [0.717, 1.165) is 73.3 Å². The molecule has 3 aliphatic rings. The molecular formula is C23H27N3O2. The maximum Gasteiger partial charge on any atom is 0.254 e. The third-order valence-corrected chi connectivity index (χ3v) is 6.89. The topological polar surface area (TPSA) is 66.1 Å². The Morgan fingerprint density at radius 2 is 2.11 bits per heavy atom. The predicted molar refractivity (Wildman–Crippen MR) is 108 cm³/mol. The lowest BCUT2D eigenvalue weighted by Crippen LogP contribution is -2.48. The molecule has 28 heavy (non-hydrogen) atoms. The zero-order chi connectivity index (χ0) is 19.3. The highest BCUT2D eigenvalue weighted by molar-refractivity contribution is 5.79. The molecule has 2 aromatic rings. The van der Waals surface area contributed by atoms with Gasteiger partial charge in [-0.05, 0) is 56.6 Å². The number of rotatable bonds is 3. The zero-order valence-electron chi connectivity index (χ0n) is 16.5. The van der Waals surface area contributed by atoms with Crippen LogP contribution in [-0.4, -0.2) is 33.9 Å². The Hall–Kier alpha value is -2.43. The molecule has 1 spiro atoms. The van der Waals surface area contributed by atoms with Gasteiger partial charge in [-0.25, -0.2) is 4.98 Å². The molecular weight excluding hydrogens is 350 g/mol. The molecule has 1 N–H and O–H groups in total. The number of fused-ring (bicyclic) bond motifs is 2. The Morgan fingerprint density at radius 1 is 1.29 bits per heavy atom. The van der Waals surface area contributed by atoms with Gasteiger partial charge in [0.1, 0.15) is 5.82 Å². The molecule has 1 amide bonds. The van der Waals surface area contributed by atoms with Gasteiger partial charge in [-0.2, -0.15) is 0 Å². The van der Waals surface area contributed by atoms with E-state index in [4.69, 9.17) is 4.98 Å². The van der Waals surface area contributed by atoms with Gasteiger partial charge >= 0.3 is 0 Å². The van der Waals surface area contributed by atoms with Crippen molar-refractivity contribution in [1.82, 2.24) is 14.9 Å². The molecule has 5 heteroatoms. The van der Waals surface area contributed by atoms with Crippen LogP contribution in [0.3, 0.4) is 0 Å². The van der Waals surface area contributed by atoms with E-state index >= 15 is 0 Å². The minimum Gasteiger partial charge on any atom is -0.341 e. The maximum atomic E-state index is 13.1. The summed E-state index contributed by atoms with van der Waals surface area (Å²) in [7, 11) is 0. The van der Waals surface area contributed by atoms with Gasteiger partial charge in [0.05, 0.1) is 12.1 Å². The van der Waals surface area contributed by atoms with E-state index < -0.39 is 0 Å². The summed E-state index contributed by atoms with van der Waals surface area (Å²) >= 11 is 0. The molecule has 146 valence electrons. The van der Waals surface area contributed by atoms with E-state index in [9.17, 15) is 9.59 Å². The van der Waals surface area contributed by atoms with Crippen LogP contribution < -0.4 is 5.56 Å². The van der Waals surface area contributed by atoms with Crippen molar-refractivity contribution in [3.63, 3.8) is 0 Å². The van der Waals surface area contributed by atoms with Gasteiger partial charge < -0.3 is 9.88 Å². The molecule has 2 fully saturated rings. The van der Waals surface area contributed by atoms with Crippen LogP contribution in [0.2, 0.25) is 0 Å². The summed E-state index contributed by atoms with van der Waals surface area (Å²) in [6, 6.07) is 8.11. The standard InChI is InChI=1S/C23H27N3O2/c1-15-5-2-3-6-17(15)13-19(27)26-12-4-10-23(14-26)11-9-18-20(23)24-21(16-7-8-16)25-22(18)28/h2-3,5-6,16H,4,7-14H2,1H3,(H,24,25,28). The molecule has 1 unspecified atom stereocenters. The molecule has 1 aromatic heterocycles. The summed E-state index contributed by atoms with van der Waals surface area (Å²) in [5, 5.41) is 0. The lowest BCUT2D eigenvalue weighted by Gasteiger charge is -2.40. The van der Waals surface area contributed by atoms with Crippen molar-refractivity contribution < 1.29 is 4.79 Å². The molecule has 5 nitrogen and oxygen atoms in total. The van der Waals surface area contributed by atoms with Crippen LogP contribution in [0.4, 0.5) is 0 Å². The van der Waals surface area contributed by atoms with Crippen molar-refractivity contribution in [3.05, 3.63) is 62.8 Å². The Kier molecular flexibility index (Phi) is 4.14. The average molecular weight is 377 g/mol. The first-order valence-corrected chi connectivity index (χ1v) is 10.5. The van der Waals surface area contributed by atoms with E-state index in [1.807, 2.05) is 23.1 Å². The molecule has 5 rings (SSSR count). The largest absolute Gasteiger partial charge is 0.341 e. The van der Waals surface area contributed by atoms with Crippen molar-refractivity contribution in [2.75, 3.05) is 13.1 Å². The van der Waals surface area contributed by atoms with E-state index in [0.29, 0.717) is 18.9 Å². The lowest BCUT2D eigenvalue weighted by atomic mass is 9.77. The Labute approximate surface area is 165 Å². The van der Waals surface area contributed by atoms with Gasteiger partial charge in [0.2, 0.25) is 5.91 Å². The van der Waals surface area contributed by atoms with Gasteiger partial charge in [0, 0.05) is 30.0 Å². The first-order valence-electron chi connectivity index (χ1n) is 10.5. The van der Waals surface area contributed by atoms with Crippen molar-refractivity contribution in [2.45, 2.75) is 63.2 Å². The van der Waals surface area contributed by atoms with E-state index in [1.165, 1.54) is 0 Å². The number of likely N-dealkylation sites (tertiary alicyclic amines) is 1. The summed E-state index contributed by atoms with van der Waals surface area (Å²) in [6.07, 6.45) is 6.40. The highest BCUT2D eigenvalue weighted by Gasteiger charge is 2.46. The fraction of sp³-hybridized carbons (Fsp3) is 0.522. The number of hydrogen-bond acceptors (Lipinski definition) is 3. The molecule has 2 heterocycles. The van der Waals surface area contributed by atoms with Crippen molar-refractivity contribution in [2.24, 2.45) is 0 Å². The number of hydrogen-bond donors (Lipinski definition) is 1. The zero-order valence-corrected chi connectivity index (χ0v) is 16.5. The van der Waals surface area contributed by atoms with Crippen LogP contribution in [0.25, 0.3) is 0 Å². The van der Waals surface area contributed by atoms with Crippen LogP contribution in [0.1, 0.15) is 66.2 Å². The third kappa shape index (κ3) is 2.97. The smallest absolute Gasteiger partial charge is 0.254 e. The maximum absolute atomic E-state index is 13.1. The lowest BCUT2D eigenvalue weighted by molar-refractivity contribution is -0.132. The van der Waals surface area contributed by atoms with E-state index in [1.54, 1.807) is 0 Å². The molecule has 2 aliphatic carbocycles. The first kappa shape index (κ1) is 17.7. The molecule has 0 radical (unpaired) electrons. The number of aryl methyl sites for hydroxylation is 1. The SMILES string of the molecule is Cc1ccccc1CC(=O)N1CCCC2(CCc3c2nc(C2CC2)[nH]c3=O)C1. The Bertz CT molecular complexity index is 992. The number of aromatic amines is 1. The number of carbonyl (C=O) groups excluding carboxylic acids is 1. The van der Waals surface area contributed by atoms with Gasteiger partial charge in [-0.15, -0.1) is 0 Å². The fourth-order valence-electron chi connectivity index (χ4n) is 5.04. The van der Waals surface area contributed by atoms with Crippen molar-refractivity contribution in [1.29, 1.82) is 0 Å². The summed E-state index contributed by atoms with van der Waals surface area (Å²) in [5.41, 5.74) is 4.03. The van der Waals surface area contributed by atoms with Crippen molar-refractivity contribution >= 4 is 5.91 Å². The summed E-state index contributed by atoms with van der Waals surface area (Å²) in [4.78, 5) is 35.7. The monoisotopic (exact) mass is 377 g/mol. The number of nitrogens with one attached hydrogen (secondary N) is 1. The Balaban J connectivity index is 1.42. The third-order valence-electron chi connectivity index (χ3n) is 6.89. The molecule has 1 aliphatic heterocycles. The van der Waals surface area contributed by atoms with Crippen LogP contribution in [0.15, 0.2) is 29.1 Å². The number of carbonyl (C=O) groups is 1. The van der Waals surface area contributed by atoms with Gasteiger partial charge in [0.25, 0.3) is 5.56 Å². The summed E-state index contributed by atoms with van der Waals surface area (Å²) in [6.45, 7) is 3.56. The van der Waals surface area contributed by atoms with Gasteiger partial charge in [0.15, 0.2) is 0 Å². The molecule has 1 saturated carbocycles. The normalized spacial score (nSPS) is 23.8. The molecule has 1 atom stereocenters. The Morgan fingerprint density at radius 3 is 2.89 bits per heavy atom. The fourth-order valence-corrected chi connectivity index (χ4v) is 5.04. The van der Waals surface area contributed by atoms with Crippen molar-refractivity contribution in [3.8, 4) is 0 Å². The molecule has 1 aromatic carbocycles. The number of nitrogens with zero attached hydrogens (tertiary/aromatic N) is 2. The highest BCUT2D eigenvalue weighted by atomic mass is 16.2. The number of H-pyrrole nitrogens is 1. The molecule has 0 bridgehead atoms. The van der Waals surface area contributed by atoms with Crippen LogP contribution in [0, 0.1) is 6.92 Å². The summed E-state index contributed by atoms with van der Waals surface area (Å²) < 4.78 is 0. The highest BCUT2D eigenvalue weighted by Crippen LogP contribution is 2.45.